The van der Waals surface area contributed by atoms with Gasteiger partial charge in [0.2, 0.25) is 0 Å². The number of nitrogens with one attached hydrogen (secondary N) is 1. The molecule has 7 heteroatoms. The average Bonchev–Trinajstić information content (AvgIpc) is 2.59. The molecular formula is C17H21N5O2. The van der Waals surface area contributed by atoms with Crippen LogP contribution in [0.25, 0.3) is 0 Å². The van der Waals surface area contributed by atoms with Gasteiger partial charge in [-0.3, -0.25) is 9.69 Å². The van der Waals surface area contributed by atoms with Crippen molar-refractivity contribution in [3.05, 3.63) is 53.5 Å². The minimum Gasteiger partial charge on any atom is -0.390 e. The molecule has 1 atom stereocenters. The maximum atomic E-state index is 12.0. The summed E-state index contributed by atoms with van der Waals surface area (Å²) in [6.45, 7) is 2.41. The van der Waals surface area contributed by atoms with E-state index in [1.807, 2.05) is 6.07 Å². The second-order valence-electron chi connectivity index (χ2n) is 5.95. The Morgan fingerprint density at radius 2 is 2.12 bits per heavy atom. The summed E-state index contributed by atoms with van der Waals surface area (Å²) in [5, 5.41) is 12.9. The highest BCUT2D eigenvalue weighted by atomic mass is 16.3. The van der Waals surface area contributed by atoms with Gasteiger partial charge in [-0.15, -0.1) is 0 Å². The lowest BCUT2D eigenvalue weighted by atomic mass is 10.00. The van der Waals surface area contributed by atoms with Crippen LogP contribution in [0.5, 0.6) is 0 Å². The highest BCUT2D eigenvalue weighted by Gasteiger charge is 2.19. The number of anilines is 1. The standard InChI is InChI=1S/C17H21N5O2/c18-16-7-15(20-11-21-16)17(24)19-8-14(23)10-22-6-5-12-3-1-2-4-13(12)9-22/h1-4,7,11,14,23H,5-6,8-10H2,(H,19,24)(H2,18,20,21)/t14-/m0/s1. The fraction of sp³-hybridized carbons (Fsp3) is 0.353. The number of aromatic nitrogens is 2. The van der Waals surface area contributed by atoms with Gasteiger partial charge in [-0.2, -0.15) is 0 Å². The Balaban J connectivity index is 1.48. The Morgan fingerprint density at radius 3 is 2.92 bits per heavy atom. The summed E-state index contributed by atoms with van der Waals surface area (Å²) in [4.78, 5) is 21.8. The number of hydrogen-bond donors (Lipinski definition) is 3. The number of benzene rings is 1. The second-order valence-corrected chi connectivity index (χ2v) is 5.95. The third-order valence-electron chi connectivity index (χ3n) is 4.10. The van der Waals surface area contributed by atoms with Crippen LogP contribution < -0.4 is 11.1 Å². The highest BCUT2D eigenvalue weighted by Crippen LogP contribution is 2.18. The summed E-state index contributed by atoms with van der Waals surface area (Å²) in [6.07, 6.45) is 1.58. The predicted octanol–water partition coefficient (Wildman–Crippen LogP) is 0.208. The van der Waals surface area contributed by atoms with Gasteiger partial charge in [0.05, 0.1) is 6.10 Å². The summed E-state index contributed by atoms with van der Waals surface area (Å²) < 4.78 is 0. The van der Waals surface area contributed by atoms with E-state index in [1.54, 1.807) is 0 Å². The van der Waals surface area contributed by atoms with Crippen LogP contribution in [0.2, 0.25) is 0 Å². The SMILES string of the molecule is Nc1cc(C(=O)NC[C@H](O)CN2CCc3ccccc3C2)ncn1. The average molecular weight is 327 g/mol. The van der Waals surface area contributed by atoms with Gasteiger partial charge in [-0.1, -0.05) is 24.3 Å². The molecule has 126 valence electrons. The molecule has 24 heavy (non-hydrogen) atoms. The maximum absolute atomic E-state index is 12.0. The second kappa shape index (κ2) is 7.37. The lowest BCUT2D eigenvalue weighted by molar-refractivity contribution is 0.0838. The van der Waals surface area contributed by atoms with Crippen LogP contribution >= 0.6 is 0 Å². The first-order chi connectivity index (χ1) is 11.6. The number of carbonyl (C=O) groups excluding carboxylic acids is 1. The van der Waals surface area contributed by atoms with Gasteiger partial charge in [0.25, 0.3) is 5.91 Å². The fourth-order valence-electron chi connectivity index (χ4n) is 2.87. The number of fused-ring (bicyclic) bond motifs is 1. The summed E-state index contributed by atoms with van der Waals surface area (Å²) in [6, 6.07) is 9.76. The third-order valence-corrected chi connectivity index (χ3v) is 4.10. The van der Waals surface area contributed by atoms with Crippen LogP contribution in [0.3, 0.4) is 0 Å². The molecular weight excluding hydrogens is 306 g/mol. The van der Waals surface area contributed by atoms with Crippen LogP contribution in [0.1, 0.15) is 21.6 Å². The van der Waals surface area contributed by atoms with Crippen molar-refractivity contribution in [1.82, 2.24) is 20.2 Å². The van der Waals surface area contributed by atoms with Crippen LogP contribution in [0.15, 0.2) is 36.7 Å². The molecule has 0 saturated carbocycles. The number of aliphatic hydroxyl groups is 1. The molecule has 1 aliphatic heterocycles. The van der Waals surface area contributed by atoms with E-state index in [1.165, 1.54) is 23.5 Å². The lowest BCUT2D eigenvalue weighted by Gasteiger charge is -2.30. The molecule has 0 bridgehead atoms. The van der Waals surface area contributed by atoms with Gasteiger partial charge in [0.1, 0.15) is 17.8 Å². The summed E-state index contributed by atoms with van der Waals surface area (Å²) >= 11 is 0. The van der Waals surface area contributed by atoms with Gasteiger partial charge in [0, 0.05) is 32.2 Å². The fourth-order valence-corrected chi connectivity index (χ4v) is 2.87. The zero-order chi connectivity index (χ0) is 16.9. The summed E-state index contributed by atoms with van der Waals surface area (Å²) in [5.41, 5.74) is 8.40. The molecule has 4 N–H and O–H groups in total. The van der Waals surface area contributed by atoms with Crippen molar-refractivity contribution in [2.75, 3.05) is 25.4 Å². The van der Waals surface area contributed by atoms with Gasteiger partial charge < -0.3 is 16.2 Å². The van der Waals surface area contributed by atoms with Crippen LogP contribution in [-0.4, -0.2) is 51.6 Å². The van der Waals surface area contributed by atoms with E-state index in [9.17, 15) is 9.90 Å². The smallest absolute Gasteiger partial charge is 0.270 e. The van der Waals surface area contributed by atoms with E-state index in [2.05, 4.69) is 38.4 Å². The van der Waals surface area contributed by atoms with Gasteiger partial charge in [-0.05, 0) is 17.5 Å². The van der Waals surface area contributed by atoms with Gasteiger partial charge in [-0.25, -0.2) is 9.97 Å². The molecule has 1 aliphatic rings. The maximum Gasteiger partial charge on any atom is 0.270 e. The number of nitrogens with zero attached hydrogens (tertiary/aromatic N) is 3. The van der Waals surface area contributed by atoms with E-state index in [0.29, 0.717) is 6.54 Å². The first kappa shape index (κ1) is 16.4. The Labute approximate surface area is 140 Å². The minimum atomic E-state index is -0.640. The van der Waals surface area contributed by atoms with Crippen LogP contribution in [0.4, 0.5) is 5.82 Å². The summed E-state index contributed by atoms with van der Waals surface area (Å²) in [7, 11) is 0. The number of amides is 1. The Bertz CT molecular complexity index is 722. The molecule has 2 heterocycles. The largest absolute Gasteiger partial charge is 0.390 e. The Kier molecular flexibility index (Phi) is 5.02. The number of carbonyl (C=O) groups is 1. The van der Waals surface area contributed by atoms with Crippen molar-refractivity contribution in [3.63, 3.8) is 0 Å². The Morgan fingerprint density at radius 1 is 1.33 bits per heavy atom. The number of nitrogen functional groups attached to an aromatic ring is 1. The monoisotopic (exact) mass is 327 g/mol. The number of aliphatic hydroxyl groups excluding tert-OH is 1. The van der Waals surface area contributed by atoms with E-state index >= 15 is 0 Å². The molecule has 0 saturated heterocycles. The molecule has 0 radical (unpaired) electrons. The topological polar surface area (TPSA) is 104 Å². The van der Waals surface area contributed by atoms with Crippen LogP contribution in [-0.2, 0) is 13.0 Å². The Hall–Kier alpha value is -2.51. The number of β-amino-alcohol motifs (C(OH)–C–C–N with tert-alkyl or cyclic N) is 1. The van der Waals surface area contributed by atoms with Crippen molar-refractivity contribution >= 4 is 11.7 Å². The molecule has 1 aromatic heterocycles. The number of hydrogen-bond acceptors (Lipinski definition) is 6. The first-order valence-corrected chi connectivity index (χ1v) is 7.95. The van der Waals surface area contributed by atoms with E-state index < -0.39 is 6.10 Å². The number of rotatable bonds is 5. The first-order valence-electron chi connectivity index (χ1n) is 7.95. The van der Waals surface area contributed by atoms with Crippen molar-refractivity contribution in [2.45, 2.75) is 19.1 Å². The van der Waals surface area contributed by atoms with Crippen molar-refractivity contribution < 1.29 is 9.90 Å². The van der Waals surface area contributed by atoms with Gasteiger partial charge in [0.15, 0.2) is 0 Å². The van der Waals surface area contributed by atoms with E-state index in [4.69, 9.17) is 5.73 Å². The molecule has 0 unspecified atom stereocenters. The van der Waals surface area contributed by atoms with E-state index in [0.717, 1.165) is 19.5 Å². The molecule has 3 rings (SSSR count). The van der Waals surface area contributed by atoms with Crippen molar-refractivity contribution in [2.24, 2.45) is 0 Å². The van der Waals surface area contributed by atoms with Crippen molar-refractivity contribution in [3.8, 4) is 0 Å². The normalized spacial score (nSPS) is 15.5. The predicted molar refractivity (Wildman–Crippen MR) is 90.2 cm³/mol. The molecule has 1 aromatic carbocycles. The highest BCUT2D eigenvalue weighted by molar-refractivity contribution is 5.92. The third kappa shape index (κ3) is 4.06. The molecule has 0 spiro atoms. The van der Waals surface area contributed by atoms with E-state index in [-0.39, 0.29) is 24.0 Å². The zero-order valence-corrected chi connectivity index (χ0v) is 13.4. The minimum absolute atomic E-state index is 0.168. The quantitative estimate of drug-likeness (QED) is 0.725. The molecule has 2 aromatic rings. The molecule has 1 amide bonds. The van der Waals surface area contributed by atoms with Crippen molar-refractivity contribution in [1.29, 1.82) is 0 Å². The summed E-state index contributed by atoms with van der Waals surface area (Å²) in [5.74, 6) is -0.130. The molecule has 0 fully saturated rings. The number of nitrogens with two attached hydrogens (primary N) is 1. The zero-order valence-electron chi connectivity index (χ0n) is 13.4. The van der Waals surface area contributed by atoms with Gasteiger partial charge >= 0.3 is 0 Å². The lowest BCUT2D eigenvalue weighted by Crippen LogP contribution is -2.42. The van der Waals surface area contributed by atoms with Crippen LogP contribution in [0, 0.1) is 0 Å². The molecule has 0 aliphatic carbocycles. The molecule has 7 nitrogen and oxygen atoms in total.